The molecular weight excluding hydrogens is 156 g/mol. The minimum atomic E-state index is 0.755. The normalized spacial score (nSPS) is 25.2. The average Bonchev–Trinajstić information content (AvgIpc) is 2.60. The molecule has 0 radical (unpaired) electrons. The van der Waals surface area contributed by atoms with E-state index >= 15 is 0 Å². The van der Waals surface area contributed by atoms with E-state index in [1.54, 1.807) is 16.7 Å². The maximum absolute atomic E-state index is 2.42. The zero-order valence-corrected chi connectivity index (χ0v) is 9.07. The van der Waals surface area contributed by atoms with Crippen molar-refractivity contribution in [3.63, 3.8) is 0 Å². The first-order valence-corrected chi connectivity index (χ1v) is 5.12. The topological polar surface area (TPSA) is 0 Å². The van der Waals surface area contributed by atoms with Crippen molar-refractivity contribution in [2.45, 2.75) is 40.5 Å². The highest BCUT2D eigenvalue weighted by Gasteiger charge is 2.33. The van der Waals surface area contributed by atoms with Gasteiger partial charge in [-0.15, -0.1) is 0 Å². The lowest BCUT2D eigenvalue weighted by molar-refractivity contribution is 0.792. The molecule has 0 nitrogen and oxygen atoms in total. The fraction of sp³-hybridized carbons (Fsp3) is 0.538. The fourth-order valence-corrected chi connectivity index (χ4v) is 2.57. The summed E-state index contributed by atoms with van der Waals surface area (Å²) in [6, 6.07) is 0. The Kier molecular flexibility index (Phi) is 1.94. The number of hydrogen-bond donors (Lipinski definition) is 0. The van der Waals surface area contributed by atoms with Crippen molar-refractivity contribution in [3.05, 3.63) is 33.9 Å². The van der Waals surface area contributed by atoms with E-state index in [0.29, 0.717) is 0 Å². The van der Waals surface area contributed by atoms with Crippen LogP contribution in [0.1, 0.15) is 40.5 Å². The summed E-state index contributed by atoms with van der Waals surface area (Å²) in [6.45, 7) is 8.96. The van der Waals surface area contributed by atoms with Crippen LogP contribution in [0.25, 0.3) is 0 Å². The Morgan fingerprint density at radius 3 is 2.31 bits per heavy atom. The summed E-state index contributed by atoms with van der Waals surface area (Å²) in [6.07, 6.45) is 4.98. The molecule has 2 aliphatic carbocycles. The van der Waals surface area contributed by atoms with E-state index in [-0.39, 0.29) is 0 Å². The molecule has 0 aliphatic heterocycles. The molecule has 0 heterocycles. The maximum atomic E-state index is 2.42. The largest absolute Gasteiger partial charge is 0.0763 e. The van der Waals surface area contributed by atoms with Gasteiger partial charge in [-0.3, -0.25) is 0 Å². The van der Waals surface area contributed by atoms with E-state index in [2.05, 4.69) is 33.8 Å². The molecule has 0 aromatic rings. The molecule has 0 aromatic heterocycles. The molecule has 0 heteroatoms. The van der Waals surface area contributed by atoms with Crippen LogP contribution in [0.5, 0.6) is 0 Å². The molecule has 13 heavy (non-hydrogen) atoms. The third kappa shape index (κ3) is 1.29. The van der Waals surface area contributed by atoms with Crippen molar-refractivity contribution < 1.29 is 0 Å². The molecule has 2 bridgehead atoms. The van der Waals surface area contributed by atoms with Crippen LogP contribution in [-0.2, 0) is 0 Å². The Morgan fingerprint density at radius 2 is 1.85 bits per heavy atom. The van der Waals surface area contributed by atoms with Crippen LogP contribution in [0.2, 0.25) is 0 Å². The summed E-state index contributed by atoms with van der Waals surface area (Å²) in [5.41, 5.74) is 7.97. The van der Waals surface area contributed by atoms with Gasteiger partial charge in [0.1, 0.15) is 0 Å². The second-order valence-electron chi connectivity index (χ2n) is 4.72. The molecule has 1 fully saturated rings. The fourth-order valence-electron chi connectivity index (χ4n) is 2.57. The molecule has 0 saturated heterocycles. The Balaban J connectivity index is 2.46. The van der Waals surface area contributed by atoms with Crippen molar-refractivity contribution in [1.82, 2.24) is 0 Å². The first-order valence-electron chi connectivity index (χ1n) is 5.12. The van der Waals surface area contributed by atoms with Crippen molar-refractivity contribution in [3.8, 4) is 0 Å². The highest BCUT2D eigenvalue weighted by Crippen LogP contribution is 2.48. The molecule has 0 amide bonds. The minimum Gasteiger partial charge on any atom is -0.0763 e. The molecular formula is C13H18. The molecule has 1 saturated carbocycles. The van der Waals surface area contributed by atoms with Gasteiger partial charge >= 0.3 is 0 Å². The first kappa shape index (κ1) is 8.80. The maximum Gasteiger partial charge on any atom is 0.00905 e. The van der Waals surface area contributed by atoms with Gasteiger partial charge in [0.05, 0.1) is 0 Å². The average molecular weight is 174 g/mol. The van der Waals surface area contributed by atoms with Crippen molar-refractivity contribution >= 4 is 0 Å². The SMILES string of the molecule is CC(C)=C1C=C2CC(=C(C)C)C1C2. The minimum absolute atomic E-state index is 0.755. The number of hydrogen-bond acceptors (Lipinski definition) is 0. The van der Waals surface area contributed by atoms with E-state index in [1.165, 1.54) is 24.0 Å². The van der Waals surface area contributed by atoms with Crippen molar-refractivity contribution in [2.24, 2.45) is 5.92 Å². The van der Waals surface area contributed by atoms with Gasteiger partial charge in [-0.2, -0.15) is 0 Å². The second kappa shape index (κ2) is 2.87. The summed E-state index contributed by atoms with van der Waals surface area (Å²) in [4.78, 5) is 0. The predicted molar refractivity (Wildman–Crippen MR) is 57.6 cm³/mol. The van der Waals surface area contributed by atoms with Crippen LogP contribution in [0.4, 0.5) is 0 Å². The lowest BCUT2D eigenvalue weighted by atomic mass is 9.88. The summed E-state index contributed by atoms with van der Waals surface area (Å²) < 4.78 is 0. The van der Waals surface area contributed by atoms with E-state index in [0.717, 1.165) is 5.92 Å². The smallest absolute Gasteiger partial charge is 0.00905 e. The third-order valence-corrected chi connectivity index (χ3v) is 3.26. The number of allylic oxidation sites excluding steroid dienone is 6. The van der Waals surface area contributed by atoms with Gasteiger partial charge in [0.2, 0.25) is 0 Å². The van der Waals surface area contributed by atoms with Crippen LogP contribution in [0.3, 0.4) is 0 Å². The van der Waals surface area contributed by atoms with Crippen LogP contribution in [-0.4, -0.2) is 0 Å². The zero-order chi connectivity index (χ0) is 9.59. The first-order chi connectivity index (χ1) is 6.09. The van der Waals surface area contributed by atoms with Gasteiger partial charge < -0.3 is 0 Å². The van der Waals surface area contributed by atoms with E-state index in [9.17, 15) is 0 Å². The monoisotopic (exact) mass is 174 g/mol. The summed E-state index contributed by atoms with van der Waals surface area (Å²) in [5.74, 6) is 0.755. The predicted octanol–water partition coefficient (Wildman–Crippen LogP) is 4.01. The highest BCUT2D eigenvalue weighted by molar-refractivity contribution is 5.50. The van der Waals surface area contributed by atoms with E-state index in [1.807, 2.05) is 0 Å². The van der Waals surface area contributed by atoms with Crippen LogP contribution in [0, 0.1) is 5.92 Å². The van der Waals surface area contributed by atoms with E-state index in [4.69, 9.17) is 0 Å². The molecule has 1 unspecified atom stereocenters. The third-order valence-electron chi connectivity index (χ3n) is 3.26. The van der Waals surface area contributed by atoms with Crippen LogP contribution < -0.4 is 0 Å². The molecule has 2 aliphatic rings. The quantitative estimate of drug-likeness (QED) is 0.487. The van der Waals surface area contributed by atoms with E-state index < -0.39 is 0 Å². The van der Waals surface area contributed by atoms with Gasteiger partial charge in [0.15, 0.2) is 0 Å². The Morgan fingerprint density at radius 1 is 1.15 bits per heavy atom. The Labute approximate surface area is 81.0 Å². The number of fused-ring (bicyclic) bond motifs is 2. The van der Waals surface area contributed by atoms with Crippen molar-refractivity contribution in [1.29, 1.82) is 0 Å². The van der Waals surface area contributed by atoms with Crippen LogP contribution in [0.15, 0.2) is 33.9 Å². The molecule has 0 aromatic carbocycles. The van der Waals surface area contributed by atoms with Gasteiger partial charge in [-0.05, 0) is 46.1 Å². The van der Waals surface area contributed by atoms with Crippen molar-refractivity contribution in [2.75, 3.05) is 0 Å². The van der Waals surface area contributed by atoms with Gasteiger partial charge in [0.25, 0.3) is 0 Å². The van der Waals surface area contributed by atoms with Gasteiger partial charge in [-0.25, -0.2) is 0 Å². The molecule has 2 rings (SSSR count). The lowest BCUT2D eigenvalue weighted by Crippen LogP contribution is -2.02. The second-order valence-corrected chi connectivity index (χ2v) is 4.72. The Bertz CT molecular complexity index is 329. The molecule has 0 spiro atoms. The zero-order valence-electron chi connectivity index (χ0n) is 9.07. The van der Waals surface area contributed by atoms with Gasteiger partial charge in [-0.1, -0.05) is 28.4 Å². The highest BCUT2D eigenvalue weighted by atomic mass is 14.4. The lowest BCUT2D eigenvalue weighted by Gasteiger charge is -2.16. The standard InChI is InChI=1S/C13H18/c1-8(2)11-5-10-6-12(9(3)4)13(11)7-10/h5,13H,6-7H2,1-4H3. The Hall–Kier alpha value is -0.780. The molecule has 1 atom stereocenters. The van der Waals surface area contributed by atoms with Gasteiger partial charge in [0, 0.05) is 5.92 Å². The summed E-state index contributed by atoms with van der Waals surface area (Å²) in [7, 11) is 0. The number of rotatable bonds is 0. The molecule has 0 N–H and O–H groups in total. The summed E-state index contributed by atoms with van der Waals surface area (Å²) >= 11 is 0. The van der Waals surface area contributed by atoms with Crippen LogP contribution >= 0.6 is 0 Å². The molecule has 70 valence electrons. The summed E-state index contributed by atoms with van der Waals surface area (Å²) in [5, 5.41) is 0.